The highest BCUT2D eigenvalue weighted by Gasteiger charge is 2.30. The molecule has 0 amide bonds. The van der Waals surface area contributed by atoms with Crippen molar-refractivity contribution in [2.75, 3.05) is 6.61 Å². The second-order valence-electron chi connectivity index (χ2n) is 3.36. The van der Waals surface area contributed by atoms with Crippen LogP contribution in [0, 0.1) is 5.92 Å². The van der Waals surface area contributed by atoms with Crippen LogP contribution in [0.1, 0.15) is 19.8 Å². The van der Waals surface area contributed by atoms with Crippen molar-refractivity contribution < 1.29 is 14.6 Å². The standard InChI is InChI=1S/C6H10O2.C6H6O/c1-2-8-6(7)5-3-4-5;7-6-4-2-1-3-5-6/h5H,2-4H2,1H3;1-5,7H. The van der Waals surface area contributed by atoms with Gasteiger partial charge in [0, 0.05) is 0 Å². The molecule has 2 rings (SSSR count). The first-order valence-corrected chi connectivity index (χ1v) is 5.14. The first kappa shape index (κ1) is 11.6. The van der Waals surface area contributed by atoms with E-state index in [1.807, 2.05) is 13.0 Å². The fourth-order valence-corrected chi connectivity index (χ4v) is 1.01. The molecular weight excluding hydrogens is 192 g/mol. The maximum Gasteiger partial charge on any atom is 0.308 e. The summed E-state index contributed by atoms with van der Waals surface area (Å²) in [6.45, 7) is 2.36. The summed E-state index contributed by atoms with van der Waals surface area (Å²) in [6, 6.07) is 8.71. The Hall–Kier alpha value is -1.51. The minimum Gasteiger partial charge on any atom is -0.508 e. The van der Waals surface area contributed by atoms with E-state index in [1.54, 1.807) is 24.3 Å². The summed E-state index contributed by atoms with van der Waals surface area (Å²) >= 11 is 0. The van der Waals surface area contributed by atoms with Gasteiger partial charge in [-0.15, -0.1) is 0 Å². The predicted molar refractivity (Wildman–Crippen MR) is 57.5 cm³/mol. The first-order valence-electron chi connectivity index (χ1n) is 5.14. The van der Waals surface area contributed by atoms with E-state index in [4.69, 9.17) is 9.84 Å². The van der Waals surface area contributed by atoms with Gasteiger partial charge in [0.1, 0.15) is 5.75 Å². The van der Waals surface area contributed by atoms with E-state index in [0.29, 0.717) is 12.4 Å². The summed E-state index contributed by atoms with van der Waals surface area (Å²) in [7, 11) is 0. The fourth-order valence-electron chi connectivity index (χ4n) is 1.01. The monoisotopic (exact) mass is 208 g/mol. The third kappa shape index (κ3) is 5.05. The zero-order valence-corrected chi connectivity index (χ0v) is 8.85. The minimum absolute atomic E-state index is 0.00694. The Balaban J connectivity index is 0.000000151. The van der Waals surface area contributed by atoms with Crippen LogP contribution >= 0.6 is 0 Å². The van der Waals surface area contributed by atoms with Gasteiger partial charge in [-0.3, -0.25) is 4.79 Å². The summed E-state index contributed by atoms with van der Waals surface area (Å²) < 4.78 is 4.73. The van der Waals surface area contributed by atoms with Gasteiger partial charge in [0.05, 0.1) is 12.5 Å². The molecular formula is C12H16O3. The number of hydrogen-bond acceptors (Lipinski definition) is 3. The zero-order chi connectivity index (χ0) is 11.1. The molecule has 1 saturated carbocycles. The first-order chi connectivity index (χ1) is 7.24. The SMILES string of the molecule is CCOC(=O)C1CC1.Oc1ccccc1. The molecule has 15 heavy (non-hydrogen) atoms. The van der Waals surface area contributed by atoms with Crippen LogP contribution < -0.4 is 0 Å². The smallest absolute Gasteiger partial charge is 0.308 e. The molecule has 0 aliphatic heterocycles. The lowest BCUT2D eigenvalue weighted by Crippen LogP contribution is -2.04. The van der Waals surface area contributed by atoms with E-state index in [1.165, 1.54) is 0 Å². The summed E-state index contributed by atoms with van der Waals surface area (Å²) in [5.41, 5.74) is 0. The molecule has 0 aromatic heterocycles. The molecule has 0 atom stereocenters. The predicted octanol–water partition coefficient (Wildman–Crippen LogP) is 2.35. The largest absolute Gasteiger partial charge is 0.508 e. The van der Waals surface area contributed by atoms with Gasteiger partial charge in [-0.05, 0) is 31.9 Å². The van der Waals surface area contributed by atoms with Crippen molar-refractivity contribution in [3.8, 4) is 5.75 Å². The molecule has 1 fully saturated rings. The van der Waals surface area contributed by atoms with E-state index in [0.717, 1.165) is 12.8 Å². The van der Waals surface area contributed by atoms with Gasteiger partial charge < -0.3 is 9.84 Å². The average molecular weight is 208 g/mol. The van der Waals surface area contributed by atoms with Crippen molar-refractivity contribution in [1.82, 2.24) is 0 Å². The lowest BCUT2D eigenvalue weighted by atomic mass is 10.3. The average Bonchev–Trinajstić information content (AvgIpc) is 3.03. The van der Waals surface area contributed by atoms with Gasteiger partial charge in [0.2, 0.25) is 0 Å². The van der Waals surface area contributed by atoms with Gasteiger partial charge >= 0.3 is 5.97 Å². The number of aromatic hydroxyl groups is 1. The lowest BCUT2D eigenvalue weighted by Gasteiger charge is -1.95. The lowest BCUT2D eigenvalue weighted by molar-refractivity contribution is -0.144. The molecule has 82 valence electrons. The number of ether oxygens (including phenoxy) is 1. The molecule has 1 aromatic rings. The maximum absolute atomic E-state index is 10.6. The highest BCUT2D eigenvalue weighted by Crippen LogP contribution is 2.29. The topological polar surface area (TPSA) is 46.5 Å². The molecule has 1 aliphatic carbocycles. The Morgan fingerprint density at radius 3 is 2.33 bits per heavy atom. The van der Waals surface area contributed by atoms with Crippen LogP contribution in [0.25, 0.3) is 0 Å². The van der Waals surface area contributed by atoms with E-state index in [-0.39, 0.29) is 11.9 Å². The molecule has 1 N–H and O–H groups in total. The third-order valence-corrected chi connectivity index (χ3v) is 1.95. The van der Waals surface area contributed by atoms with Crippen LogP contribution in [0.3, 0.4) is 0 Å². The minimum atomic E-state index is -0.00694. The van der Waals surface area contributed by atoms with Crippen LogP contribution in [0.15, 0.2) is 30.3 Å². The number of benzene rings is 1. The number of esters is 1. The van der Waals surface area contributed by atoms with Gasteiger partial charge in [0.15, 0.2) is 0 Å². The molecule has 3 heteroatoms. The zero-order valence-electron chi connectivity index (χ0n) is 8.85. The fraction of sp³-hybridized carbons (Fsp3) is 0.417. The second kappa shape index (κ2) is 6.06. The Morgan fingerprint density at radius 2 is 2.00 bits per heavy atom. The summed E-state index contributed by atoms with van der Waals surface area (Å²) in [5.74, 6) is 0.574. The number of hydrogen-bond donors (Lipinski definition) is 1. The van der Waals surface area contributed by atoms with Crippen LogP contribution in [0.4, 0.5) is 0 Å². The maximum atomic E-state index is 10.6. The molecule has 0 bridgehead atoms. The number of rotatable bonds is 2. The highest BCUT2D eigenvalue weighted by atomic mass is 16.5. The Labute approximate surface area is 89.7 Å². The molecule has 3 nitrogen and oxygen atoms in total. The molecule has 0 heterocycles. The highest BCUT2D eigenvalue weighted by molar-refractivity contribution is 5.74. The summed E-state index contributed by atoms with van der Waals surface area (Å²) in [4.78, 5) is 10.6. The Morgan fingerprint density at radius 1 is 1.40 bits per heavy atom. The normalized spacial score (nSPS) is 13.7. The van der Waals surface area contributed by atoms with Crippen molar-refractivity contribution in [1.29, 1.82) is 0 Å². The molecule has 1 aliphatic rings. The van der Waals surface area contributed by atoms with E-state index in [2.05, 4.69) is 0 Å². The van der Waals surface area contributed by atoms with Crippen molar-refractivity contribution in [2.24, 2.45) is 5.92 Å². The van der Waals surface area contributed by atoms with Crippen molar-refractivity contribution >= 4 is 5.97 Å². The second-order valence-corrected chi connectivity index (χ2v) is 3.36. The summed E-state index contributed by atoms with van der Waals surface area (Å²) in [6.07, 6.45) is 2.08. The van der Waals surface area contributed by atoms with Crippen molar-refractivity contribution in [2.45, 2.75) is 19.8 Å². The molecule has 0 unspecified atom stereocenters. The Bertz CT molecular complexity index is 291. The van der Waals surface area contributed by atoms with E-state index in [9.17, 15) is 4.79 Å². The molecule has 0 spiro atoms. The number of carbonyl (C=O) groups is 1. The summed E-state index contributed by atoms with van der Waals surface area (Å²) in [5, 5.41) is 8.63. The van der Waals surface area contributed by atoms with Crippen molar-refractivity contribution in [3.05, 3.63) is 30.3 Å². The quantitative estimate of drug-likeness (QED) is 0.759. The van der Waals surface area contributed by atoms with Gasteiger partial charge in [-0.25, -0.2) is 0 Å². The van der Waals surface area contributed by atoms with Crippen LogP contribution in [0.2, 0.25) is 0 Å². The van der Waals surface area contributed by atoms with E-state index >= 15 is 0 Å². The van der Waals surface area contributed by atoms with Crippen LogP contribution in [-0.4, -0.2) is 17.7 Å². The third-order valence-electron chi connectivity index (χ3n) is 1.95. The van der Waals surface area contributed by atoms with Gasteiger partial charge in [-0.1, -0.05) is 18.2 Å². The van der Waals surface area contributed by atoms with Crippen LogP contribution in [-0.2, 0) is 9.53 Å². The van der Waals surface area contributed by atoms with Gasteiger partial charge in [-0.2, -0.15) is 0 Å². The van der Waals surface area contributed by atoms with Crippen LogP contribution in [0.5, 0.6) is 5.75 Å². The molecule has 0 saturated heterocycles. The number of phenolic OH excluding ortho intramolecular Hbond substituents is 1. The van der Waals surface area contributed by atoms with Gasteiger partial charge in [0.25, 0.3) is 0 Å². The number of phenols is 1. The Kier molecular flexibility index (Phi) is 4.68. The van der Waals surface area contributed by atoms with E-state index < -0.39 is 0 Å². The number of para-hydroxylation sites is 1. The molecule has 0 radical (unpaired) electrons. The van der Waals surface area contributed by atoms with Crippen molar-refractivity contribution in [3.63, 3.8) is 0 Å². The number of carbonyl (C=O) groups excluding carboxylic acids is 1. The molecule has 1 aromatic carbocycles.